The minimum absolute atomic E-state index is 0.628. The number of hydrogen-bond donors (Lipinski definition) is 1. The van der Waals surface area contributed by atoms with Gasteiger partial charge in [-0.3, -0.25) is 4.68 Å². The third-order valence-electron chi connectivity index (χ3n) is 1.66. The van der Waals surface area contributed by atoms with Crippen LogP contribution in [0, 0.1) is 0 Å². The van der Waals surface area contributed by atoms with Crippen LogP contribution >= 0.6 is 11.6 Å². The normalized spacial score (nSPS) is 10.3. The number of rotatable bonds is 5. The molecule has 0 atom stereocenters. The highest BCUT2D eigenvalue weighted by atomic mass is 35.5. The minimum atomic E-state index is 0.628. The van der Waals surface area contributed by atoms with Crippen LogP contribution in [0.3, 0.4) is 0 Å². The fourth-order valence-electron chi connectivity index (χ4n) is 1.01. The Bertz CT molecular complexity index is 280. The van der Waals surface area contributed by atoms with E-state index < -0.39 is 0 Å². The van der Waals surface area contributed by atoms with Gasteiger partial charge in [0, 0.05) is 36.4 Å². The highest BCUT2D eigenvalue weighted by molar-refractivity contribution is 6.29. The van der Waals surface area contributed by atoms with E-state index in [1.165, 1.54) is 5.56 Å². The first kappa shape index (κ1) is 10.3. The third-order valence-corrected chi connectivity index (χ3v) is 1.79. The highest BCUT2D eigenvalue weighted by Crippen LogP contribution is 1.98. The fourth-order valence-corrected chi connectivity index (χ4v) is 1.11. The van der Waals surface area contributed by atoms with Crippen molar-refractivity contribution < 1.29 is 0 Å². The van der Waals surface area contributed by atoms with Gasteiger partial charge in [0.15, 0.2) is 0 Å². The molecule has 0 unspecified atom stereocenters. The maximum atomic E-state index is 5.60. The molecule has 0 aliphatic heterocycles. The van der Waals surface area contributed by atoms with Crippen LogP contribution in [-0.2, 0) is 13.1 Å². The van der Waals surface area contributed by atoms with Gasteiger partial charge >= 0.3 is 0 Å². The lowest BCUT2D eigenvalue weighted by Gasteiger charge is -1.99. The Balaban J connectivity index is 2.32. The van der Waals surface area contributed by atoms with Crippen LogP contribution in [0.4, 0.5) is 0 Å². The van der Waals surface area contributed by atoms with Crippen molar-refractivity contribution in [1.29, 1.82) is 0 Å². The molecule has 0 bridgehead atoms. The zero-order valence-electron chi connectivity index (χ0n) is 7.76. The van der Waals surface area contributed by atoms with Crippen molar-refractivity contribution in [2.75, 3.05) is 6.54 Å². The Labute approximate surface area is 83.4 Å². The van der Waals surface area contributed by atoms with Crippen LogP contribution in [0.5, 0.6) is 0 Å². The summed E-state index contributed by atoms with van der Waals surface area (Å²) in [6.45, 7) is 7.98. The van der Waals surface area contributed by atoms with Gasteiger partial charge in [-0.1, -0.05) is 18.2 Å². The Hall–Kier alpha value is -0.800. The van der Waals surface area contributed by atoms with Gasteiger partial charge in [0.05, 0.1) is 6.20 Å². The summed E-state index contributed by atoms with van der Waals surface area (Å²) in [6, 6.07) is 0. The number of halogens is 1. The van der Waals surface area contributed by atoms with E-state index in [0.717, 1.165) is 13.1 Å². The van der Waals surface area contributed by atoms with E-state index in [-0.39, 0.29) is 0 Å². The second-order valence-electron chi connectivity index (χ2n) is 2.83. The Morgan fingerprint density at radius 3 is 3.08 bits per heavy atom. The lowest BCUT2D eigenvalue weighted by Crippen LogP contribution is -2.13. The second kappa shape index (κ2) is 5.04. The summed E-state index contributed by atoms with van der Waals surface area (Å²) in [5, 5.41) is 7.94. The molecule has 0 aliphatic rings. The Kier molecular flexibility index (Phi) is 3.99. The van der Waals surface area contributed by atoms with Gasteiger partial charge < -0.3 is 5.32 Å². The Morgan fingerprint density at radius 2 is 2.54 bits per heavy atom. The lowest BCUT2D eigenvalue weighted by molar-refractivity contribution is 0.658. The largest absolute Gasteiger partial charge is 0.308 e. The summed E-state index contributed by atoms with van der Waals surface area (Å²) in [5.41, 5.74) is 1.17. The highest BCUT2D eigenvalue weighted by Gasteiger charge is 1.96. The summed E-state index contributed by atoms with van der Waals surface area (Å²) in [6.07, 6.45) is 3.87. The van der Waals surface area contributed by atoms with E-state index in [1.807, 2.05) is 17.1 Å². The smallest absolute Gasteiger partial charge is 0.0534 e. The monoisotopic (exact) mass is 199 g/mol. The zero-order chi connectivity index (χ0) is 9.68. The van der Waals surface area contributed by atoms with E-state index in [4.69, 9.17) is 11.6 Å². The van der Waals surface area contributed by atoms with Gasteiger partial charge in [-0.25, -0.2) is 0 Å². The molecule has 0 aliphatic carbocycles. The van der Waals surface area contributed by atoms with Gasteiger partial charge in [0.1, 0.15) is 0 Å². The summed E-state index contributed by atoms with van der Waals surface area (Å²) < 4.78 is 1.90. The van der Waals surface area contributed by atoms with Crippen molar-refractivity contribution >= 4 is 11.6 Å². The molecule has 1 N–H and O–H groups in total. The average Bonchev–Trinajstić information content (AvgIpc) is 2.52. The second-order valence-corrected chi connectivity index (χ2v) is 3.36. The Morgan fingerprint density at radius 1 is 1.77 bits per heavy atom. The van der Waals surface area contributed by atoms with Crippen molar-refractivity contribution in [2.45, 2.75) is 20.0 Å². The van der Waals surface area contributed by atoms with Gasteiger partial charge in [0.25, 0.3) is 0 Å². The zero-order valence-corrected chi connectivity index (χ0v) is 8.51. The summed E-state index contributed by atoms with van der Waals surface area (Å²) in [7, 11) is 0. The van der Waals surface area contributed by atoms with Crippen LogP contribution in [0.2, 0.25) is 0 Å². The van der Waals surface area contributed by atoms with Gasteiger partial charge in [-0.05, 0) is 6.92 Å². The van der Waals surface area contributed by atoms with Crippen LogP contribution in [0.1, 0.15) is 12.5 Å². The van der Waals surface area contributed by atoms with Crippen molar-refractivity contribution in [3.8, 4) is 0 Å². The molecule has 0 saturated heterocycles. The molecular weight excluding hydrogens is 186 g/mol. The first-order valence-electron chi connectivity index (χ1n) is 4.27. The molecule has 1 aromatic heterocycles. The van der Waals surface area contributed by atoms with Crippen LogP contribution in [-0.4, -0.2) is 16.3 Å². The molecule has 0 spiro atoms. The van der Waals surface area contributed by atoms with Crippen LogP contribution in [0.15, 0.2) is 24.0 Å². The molecule has 0 aromatic carbocycles. The van der Waals surface area contributed by atoms with E-state index >= 15 is 0 Å². The predicted octanol–water partition coefficient (Wildman–Crippen LogP) is 1.75. The molecule has 0 radical (unpaired) electrons. The van der Waals surface area contributed by atoms with E-state index in [1.54, 1.807) is 0 Å². The molecular formula is C9H14ClN3. The molecule has 1 heterocycles. The number of aryl methyl sites for hydroxylation is 1. The van der Waals surface area contributed by atoms with E-state index in [2.05, 4.69) is 23.9 Å². The molecule has 1 rings (SSSR count). The lowest BCUT2D eigenvalue weighted by atomic mass is 10.3. The minimum Gasteiger partial charge on any atom is -0.308 e. The van der Waals surface area contributed by atoms with Crippen molar-refractivity contribution in [2.24, 2.45) is 0 Å². The van der Waals surface area contributed by atoms with E-state index in [0.29, 0.717) is 11.6 Å². The fraction of sp³-hybridized carbons (Fsp3) is 0.444. The molecule has 0 saturated carbocycles. The van der Waals surface area contributed by atoms with Gasteiger partial charge in [0.2, 0.25) is 0 Å². The van der Waals surface area contributed by atoms with E-state index in [9.17, 15) is 0 Å². The average molecular weight is 200 g/mol. The number of nitrogens with one attached hydrogen (secondary N) is 1. The van der Waals surface area contributed by atoms with Crippen molar-refractivity contribution in [3.63, 3.8) is 0 Å². The summed E-state index contributed by atoms with van der Waals surface area (Å²) >= 11 is 5.60. The van der Waals surface area contributed by atoms with Gasteiger partial charge in [-0.15, -0.1) is 0 Å². The predicted molar refractivity (Wildman–Crippen MR) is 54.6 cm³/mol. The van der Waals surface area contributed by atoms with Crippen LogP contribution < -0.4 is 5.32 Å². The quantitative estimate of drug-likeness (QED) is 0.783. The van der Waals surface area contributed by atoms with Crippen LogP contribution in [0.25, 0.3) is 0 Å². The third kappa shape index (κ3) is 3.61. The summed E-state index contributed by atoms with van der Waals surface area (Å²) in [4.78, 5) is 0. The molecule has 13 heavy (non-hydrogen) atoms. The number of hydrogen-bond acceptors (Lipinski definition) is 2. The molecule has 0 amide bonds. The van der Waals surface area contributed by atoms with Crippen molar-refractivity contribution in [3.05, 3.63) is 29.6 Å². The SMILES string of the molecule is C=C(Cl)CNCc1cnn(CC)c1. The number of aromatic nitrogens is 2. The molecule has 3 nitrogen and oxygen atoms in total. The molecule has 72 valence electrons. The molecule has 4 heteroatoms. The number of nitrogens with zero attached hydrogens (tertiary/aromatic N) is 2. The first-order valence-corrected chi connectivity index (χ1v) is 4.65. The molecule has 0 fully saturated rings. The topological polar surface area (TPSA) is 29.9 Å². The standard InChI is InChI=1S/C9H14ClN3/c1-3-13-7-9(6-12-13)5-11-4-8(2)10/h6-7,11H,2-5H2,1H3. The molecule has 1 aromatic rings. The van der Waals surface area contributed by atoms with Crippen molar-refractivity contribution in [1.82, 2.24) is 15.1 Å². The summed E-state index contributed by atoms with van der Waals surface area (Å²) in [5.74, 6) is 0. The maximum absolute atomic E-state index is 5.60. The first-order chi connectivity index (χ1) is 6.22. The van der Waals surface area contributed by atoms with Gasteiger partial charge in [-0.2, -0.15) is 5.10 Å². The maximum Gasteiger partial charge on any atom is 0.0534 e.